The summed E-state index contributed by atoms with van der Waals surface area (Å²) in [4.78, 5) is 11.1. The molecule has 2 aliphatic rings. The maximum atomic E-state index is 11.1. The highest BCUT2D eigenvalue weighted by atomic mass is 16.5. The van der Waals surface area contributed by atoms with E-state index in [0.717, 1.165) is 51.7 Å². The normalized spacial score (nSPS) is 30.7. The summed E-state index contributed by atoms with van der Waals surface area (Å²) in [5, 5.41) is 12.8. The molecule has 0 radical (unpaired) electrons. The Bertz CT molecular complexity index is 551. The fourth-order valence-electron chi connectivity index (χ4n) is 4.03. The van der Waals surface area contributed by atoms with Crippen LogP contribution in [0.1, 0.15) is 50.2 Å². The Kier molecular flexibility index (Phi) is 5.02. The molecular formula is C19H27NO3. The van der Waals surface area contributed by atoms with Crippen molar-refractivity contribution >= 4 is 5.97 Å². The van der Waals surface area contributed by atoms with Crippen LogP contribution in [0, 0.1) is 5.92 Å². The van der Waals surface area contributed by atoms with Gasteiger partial charge < -0.3 is 15.2 Å². The van der Waals surface area contributed by atoms with Crippen LogP contribution in [0.2, 0.25) is 0 Å². The molecule has 1 aromatic carbocycles. The SMILES string of the molecule is CC[C@@]1(CNC2CCC(C(=O)O)CC2)OCCc2ccccc21. The van der Waals surface area contributed by atoms with Crippen LogP contribution in [0.15, 0.2) is 24.3 Å². The van der Waals surface area contributed by atoms with Crippen molar-refractivity contribution in [2.75, 3.05) is 13.2 Å². The number of carbonyl (C=O) groups is 1. The van der Waals surface area contributed by atoms with Crippen LogP contribution < -0.4 is 5.32 Å². The average molecular weight is 317 g/mol. The van der Waals surface area contributed by atoms with Crippen molar-refractivity contribution in [3.63, 3.8) is 0 Å². The summed E-state index contributed by atoms with van der Waals surface area (Å²) in [6.45, 7) is 3.77. The Morgan fingerprint density at radius 1 is 1.30 bits per heavy atom. The summed E-state index contributed by atoms with van der Waals surface area (Å²) in [5.74, 6) is -0.794. The van der Waals surface area contributed by atoms with Gasteiger partial charge in [0, 0.05) is 12.6 Å². The minimum absolute atomic E-state index is 0.153. The van der Waals surface area contributed by atoms with E-state index in [-0.39, 0.29) is 11.5 Å². The Labute approximate surface area is 138 Å². The van der Waals surface area contributed by atoms with Gasteiger partial charge in [-0.05, 0) is 49.7 Å². The van der Waals surface area contributed by atoms with Crippen molar-refractivity contribution < 1.29 is 14.6 Å². The van der Waals surface area contributed by atoms with Gasteiger partial charge in [0.1, 0.15) is 5.60 Å². The lowest BCUT2D eigenvalue weighted by Crippen LogP contribution is -2.47. The van der Waals surface area contributed by atoms with Crippen LogP contribution in [-0.2, 0) is 21.6 Å². The van der Waals surface area contributed by atoms with Gasteiger partial charge in [-0.2, -0.15) is 0 Å². The molecule has 1 aliphatic heterocycles. The summed E-state index contributed by atoms with van der Waals surface area (Å²) in [6.07, 6.45) is 5.38. The number of aliphatic carboxylic acids is 1. The quantitative estimate of drug-likeness (QED) is 0.876. The van der Waals surface area contributed by atoms with E-state index < -0.39 is 5.97 Å². The first-order valence-corrected chi connectivity index (χ1v) is 8.83. The van der Waals surface area contributed by atoms with Gasteiger partial charge in [-0.25, -0.2) is 0 Å². The highest BCUT2D eigenvalue weighted by molar-refractivity contribution is 5.70. The van der Waals surface area contributed by atoms with Crippen LogP contribution in [0.4, 0.5) is 0 Å². The lowest BCUT2D eigenvalue weighted by atomic mass is 9.82. The summed E-state index contributed by atoms with van der Waals surface area (Å²) < 4.78 is 6.24. The first-order chi connectivity index (χ1) is 11.1. The molecule has 0 bridgehead atoms. The maximum absolute atomic E-state index is 11.1. The van der Waals surface area contributed by atoms with E-state index in [4.69, 9.17) is 9.84 Å². The van der Waals surface area contributed by atoms with E-state index in [1.807, 2.05) is 0 Å². The monoisotopic (exact) mass is 317 g/mol. The van der Waals surface area contributed by atoms with Gasteiger partial charge in [-0.3, -0.25) is 4.79 Å². The molecule has 1 aliphatic carbocycles. The van der Waals surface area contributed by atoms with Crippen LogP contribution in [-0.4, -0.2) is 30.3 Å². The zero-order chi connectivity index (χ0) is 16.3. The Morgan fingerprint density at radius 3 is 2.74 bits per heavy atom. The van der Waals surface area contributed by atoms with Gasteiger partial charge in [-0.1, -0.05) is 31.2 Å². The summed E-state index contributed by atoms with van der Waals surface area (Å²) in [6, 6.07) is 9.01. The number of nitrogens with one attached hydrogen (secondary N) is 1. The minimum atomic E-state index is -0.641. The molecule has 4 heteroatoms. The summed E-state index contributed by atoms with van der Waals surface area (Å²) in [5.41, 5.74) is 2.48. The van der Waals surface area contributed by atoms with E-state index in [9.17, 15) is 4.79 Å². The number of carboxylic acids is 1. The van der Waals surface area contributed by atoms with Crippen molar-refractivity contribution in [2.45, 2.75) is 57.1 Å². The molecular weight excluding hydrogens is 290 g/mol. The highest BCUT2D eigenvalue weighted by Gasteiger charge is 2.37. The highest BCUT2D eigenvalue weighted by Crippen LogP contribution is 2.36. The number of fused-ring (bicyclic) bond motifs is 1. The second-order valence-electron chi connectivity index (χ2n) is 6.87. The first-order valence-electron chi connectivity index (χ1n) is 8.83. The standard InChI is InChI=1S/C19H27NO3/c1-2-19(17-6-4-3-5-14(17)11-12-23-19)13-20-16-9-7-15(8-10-16)18(21)22/h3-6,15-16,20H,2,7-13H2,1H3,(H,21,22)/t15?,16?,19-/m0/s1. The zero-order valence-electron chi connectivity index (χ0n) is 13.9. The fraction of sp³-hybridized carbons (Fsp3) is 0.632. The predicted octanol–water partition coefficient (Wildman–Crippen LogP) is 3.10. The number of hydrogen-bond donors (Lipinski definition) is 2. The molecule has 1 fully saturated rings. The number of hydrogen-bond acceptors (Lipinski definition) is 3. The van der Waals surface area contributed by atoms with E-state index in [0.29, 0.717) is 6.04 Å². The van der Waals surface area contributed by atoms with Crippen molar-refractivity contribution in [1.82, 2.24) is 5.32 Å². The van der Waals surface area contributed by atoms with E-state index in [1.54, 1.807) is 0 Å². The Hall–Kier alpha value is -1.39. The number of ether oxygens (including phenoxy) is 1. The topological polar surface area (TPSA) is 58.6 Å². The van der Waals surface area contributed by atoms with Crippen LogP contribution in [0.3, 0.4) is 0 Å². The Balaban J connectivity index is 1.64. The minimum Gasteiger partial charge on any atom is -0.481 e. The van der Waals surface area contributed by atoms with Crippen LogP contribution >= 0.6 is 0 Å². The molecule has 0 spiro atoms. The molecule has 0 amide bonds. The van der Waals surface area contributed by atoms with Crippen LogP contribution in [0.25, 0.3) is 0 Å². The largest absolute Gasteiger partial charge is 0.481 e. The third-order valence-corrected chi connectivity index (χ3v) is 5.58. The Morgan fingerprint density at radius 2 is 2.04 bits per heavy atom. The second-order valence-corrected chi connectivity index (χ2v) is 6.87. The molecule has 0 unspecified atom stereocenters. The molecule has 1 aromatic rings. The van der Waals surface area contributed by atoms with Gasteiger partial charge in [-0.15, -0.1) is 0 Å². The van der Waals surface area contributed by atoms with Gasteiger partial charge in [0.25, 0.3) is 0 Å². The van der Waals surface area contributed by atoms with Gasteiger partial charge >= 0.3 is 5.97 Å². The lowest BCUT2D eigenvalue weighted by molar-refractivity contribution is -0.143. The molecule has 126 valence electrons. The van der Waals surface area contributed by atoms with Crippen molar-refractivity contribution in [1.29, 1.82) is 0 Å². The predicted molar refractivity (Wildman–Crippen MR) is 89.5 cm³/mol. The van der Waals surface area contributed by atoms with E-state index >= 15 is 0 Å². The zero-order valence-corrected chi connectivity index (χ0v) is 13.9. The van der Waals surface area contributed by atoms with Gasteiger partial charge in [0.05, 0.1) is 12.5 Å². The molecule has 1 atom stereocenters. The van der Waals surface area contributed by atoms with Crippen molar-refractivity contribution in [3.8, 4) is 0 Å². The smallest absolute Gasteiger partial charge is 0.306 e. The summed E-state index contributed by atoms with van der Waals surface area (Å²) >= 11 is 0. The van der Waals surface area contributed by atoms with E-state index in [1.165, 1.54) is 11.1 Å². The average Bonchev–Trinajstić information content (AvgIpc) is 2.60. The lowest BCUT2D eigenvalue weighted by Gasteiger charge is -2.40. The molecule has 1 saturated carbocycles. The van der Waals surface area contributed by atoms with Crippen LogP contribution in [0.5, 0.6) is 0 Å². The molecule has 23 heavy (non-hydrogen) atoms. The first kappa shape index (κ1) is 16.5. The van der Waals surface area contributed by atoms with Crippen molar-refractivity contribution in [3.05, 3.63) is 35.4 Å². The number of carboxylic acid groups (broad SMARTS) is 1. The second kappa shape index (κ2) is 7.02. The van der Waals surface area contributed by atoms with E-state index in [2.05, 4.69) is 36.5 Å². The van der Waals surface area contributed by atoms with Gasteiger partial charge in [0.15, 0.2) is 0 Å². The third-order valence-electron chi connectivity index (χ3n) is 5.58. The molecule has 0 aromatic heterocycles. The maximum Gasteiger partial charge on any atom is 0.306 e. The third kappa shape index (κ3) is 3.43. The molecule has 1 heterocycles. The fourth-order valence-corrected chi connectivity index (χ4v) is 4.03. The number of benzene rings is 1. The molecule has 0 saturated heterocycles. The number of rotatable bonds is 5. The molecule has 4 nitrogen and oxygen atoms in total. The molecule has 3 rings (SSSR count). The van der Waals surface area contributed by atoms with Gasteiger partial charge in [0.2, 0.25) is 0 Å². The van der Waals surface area contributed by atoms with Crippen molar-refractivity contribution in [2.24, 2.45) is 5.92 Å². The molecule has 2 N–H and O–H groups in total. The summed E-state index contributed by atoms with van der Waals surface area (Å²) in [7, 11) is 0.